The van der Waals surface area contributed by atoms with Crippen molar-refractivity contribution in [1.82, 2.24) is 19.9 Å². The summed E-state index contributed by atoms with van der Waals surface area (Å²) in [5.74, 6) is 0.615. The van der Waals surface area contributed by atoms with Crippen molar-refractivity contribution in [3.8, 4) is 0 Å². The van der Waals surface area contributed by atoms with Crippen LogP contribution in [0.1, 0.15) is 16.6 Å². The number of carbonyl (C=O) groups excluding carboxylic acids is 1. The van der Waals surface area contributed by atoms with Gasteiger partial charge in [0.15, 0.2) is 0 Å². The lowest BCUT2D eigenvalue weighted by molar-refractivity contribution is -0.128. The largest absolute Gasteiger partial charge is 0.383 e. The summed E-state index contributed by atoms with van der Waals surface area (Å²) < 4.78 is 6.88. The molecule has 0 N–H and O–H groups in total. The van der Waals surface area contributed by atoms with Gasteiger partial charge in [-0.2, -0.15) is 0 Å². The van der Waals surface area contributed by atoms with Gasteiger partial charge in [-0.15, -0.1) is 16.9 Å². The van der Waals surface area contributed by atoms with Crippen LogP contribution in [0, 0.1) is 0 Å². The molecule has 22 heavy (non-hydrogen) atoms. The lowest BCUT2D eigenvalue weighted by Gasteiger charge is -2.21. The number of carbonyl (C=O) groups is 1. The van der Waals surface area contributed by atoms with Gasteiger partial charge in [-0.3, -0.25) is 4.79 Å². The van der Waals surface area contributed by atoms with E-state index >= 15 is 0 Å². The van der Waals surface area contributed by atoms with Crippen molar-refractivity contribution in [2.75, 3.05) is 26.0 Å². The van der Waals surface area contributed by atoms with E-state index in [1.165, 1.54) is 5.56 Å². The van der Waals surface area contributed by atoms with Gasteiger partial charge >= 0.3 is 0 Å². The van der Waals surface area contributed by atoms with E-state index in [2.05, 4.69) is 22.4 Å². The van der Waals surface area contributed by atoms with Crippen molar-refractivity contribution < 1.29 is 9.53 Å². The maximum absolute atomic E-state index is 12.0. The fourth-order valence-electron chi connectivity index (χ4n) is 2.40. The molecule has 3 rings (SSSR count). The first-order valence-electron chi connectivity index (χ1n) is 7.12. The van der Waals surface area contributed by atoms with Crippen molar-refractivity contribution in [3.05, 3.63) is 47.8 Å². The predicted octanol–water partition coefficient (Wildman–Crippen LogP) is 1.55. The van der Waals surface area contributed by atoms with Crippen molar-refractivity contribution in [2.24, 2.45) is 0 Å². The Hall–Kier alpha value is -1.86. The molecule has 0 aliphatic carbocycles. The average molecular weight is 318 g/mol. The molecule has 0 unspecified atom stereocenters. The zero-order chi connectivity index (χ0) is 15.4. The lowest BCUT2D eigenvalue weighted by Crippen LogP contribution is -2.31. The summed E-state index contributed by atoms with van der Waals surface area (Å²) >= 11 is 1.59. The molecule has 0 radical (unpaired) electrons. The van der Waals surface area contributed by atoms with E-state index in [1.807, 2.05) is 34.0 Å². The van der Waals surface area contributed by atoms with Gasteiger partial charge in [0.1, 0.15) is 11.1 Å². The van der Waals surface area contributed by atoms with Crippen LogP contribution >= 0.6 is 11.8 Å². The molecule has 1 aromatic heterocycles. The minimum Gasteiger partial charge on any atom is -0.383 e. The van der Waals surface area contributed by atoms with Crippen LogP contribution in [0.2, 0.25) is 0 Å². The second-order valence-corrected chi connectivity index (χ2v) is 6.14. The third-order valence-corrected chi connectivity index (χ3v) is 4.73. The molecule has 116 valence electrons. The zero-order valence-electron chi connectivity index (χ0n) is 12.4. The quantitative estimate of drug-likeness (QED) is 0.809. The van der Waals surface area contributed by atoms with E-state index < -0.39 is 0 Å². The van der Waals surface area contributed by atoms with Crippen LogP contribution in [0.15, 0.2) is 36.5 Å². The number of nitrogens with zero attached hydrogens (tertiary/aromatic N) is 4. The summed E-state index contributed by atoms with van der Waals surface area (Å²) in [4.78, 5) is 13.8. The highest BCUT2D eigenvalue weighted by Crippen LogP contribution is 2.37. The molecule has 1 aliphatic heterocycles. The normalized spacial score (nSPS) is 18.1. The summed E-state index contributed by atoms with van der Waals surface area (Å²) in [6.45, 7) is 1.79. The van der Waals surface area contributed by atoms with Crippen LogP contribution in [0.4, 0.5) is 0 Å². The molecule has 1 saturated heterocycles. The Balaban J connectivity index is 1.71. The standard InChI is InChI=1S/C15H18N4O2S/c1-21-8-7-19-14(20)11-22-15(19)13-10-18(17-16-13)9-12-5-3-2-4-6-12/h2-6,10,15H,7-9,11H2,1H3/t15-/m1/s1. The van der Waals surface area contributed by atoms with E-state index in [-0.39, 0.29) is 11.3 Å². The molecule has 1 aromatic carbocycles. The van der Waals surface area contributed by atoms with E-state index in [1.54, 1.807) is 18.9 Å². The highest BCUT2D eigenvalue weighted by atomic mass is 32.2. The van der Waals surface area contributed by atoms with Gasteiger partial charge in [0.25, 0.3) is 0 Å². The number of amides is 1. The topological polar surface area (TPSA) is 60.2 Å². The molecule has 1 aliphatic rings. The first-order valence-corrected chi connectivity index (χ1v) is 8.17. The highest BCUT2D eigenvalue weighted by Gasteiger charge is 2.34. The molecule has 0 bridgehead atoms. The van der Waals surface area contributed by atoms with Crippen molar-refractivity contribution >= 4 is 17.7 Å². The van der Waals surface area contributed by atoms with Gasteiger partial charge in [0, 0.05) is 13.7 Å². The van der Waals surface area contributed by atoms with Gasteiger partial charge in [0.2, 0.25) is 5.91 Å². The monoisotopic (exact) mass is 318 g/mol. The number of aromatic nitrogens is 3. The number of methoxy groups -OCH3 is 1. The van der Waals surface area contributed by atoms with Crippen LogP contribution in [-0.2, 0) is 16.1 Å². The molecule has 6 nitrogen and oxygen atoms in total. The Bertz CT molecular complexity index is 631. The average Bonchev–Trinajstić information content (AvgIpc) is 3.13. The highest BCUT2D eigenvalue weighted by molar-refractivity contribution is 8.00. The number of hydrogen-bond donors (Lipinski definition) is 0. The third-order valence-electron chi connectivity index (χ3n) is 3.50. The molecule has 2 heterocycles. The smallest absolute Gasteiger partial charge is 0.233 e. The maximum atomic E-state index is 12.0. The lowest BCUT2D eigenvalue weighted by atomic mass is 10.2. The van der Waals surface area contributed by atoms with Gasteiger partial charge in [-0.1, -0.05) is 35.5 Å². The number of hydrogen-bond acceptors (Lipinski definition) is 5. The van der Waals surface area contributed by atoms with Gasteiger partial charge in [-0.05, 0) is 5.56 Å². The minimum absolute atomic E-state index is 0.0628. The van der Waals surface area contributed by atoms with E-state index in [0.717, 1.165) is 5.69 Å². The number of benzene rings is 1. The summed E-state index contributed by atoms with van der Waals surface area (Å²) in [7, 11) is 1.64. The molecule has 1 amide bonds. The first kappa shape index (κ1) is 15.1. The number of thioether (sulfide) groups is 1. The SMILES string of the molecule is COCCN1C(=O)CS[C@@H]1c1cn(Cc2ccccc2)nn1. The predicted molar refractivity (Wildman–Crippen MR) is 84.4 cm³/mol. The van der Waals surface area contributed by atoms with Crippen LogP contribution in [-0.4, -0.2) is 51.8 Å². The molecule has 1 atom stereocenters. The van der Waals surface area contributed by atoms with E-state index in [4.69, 9.17) is 4.74 Å². The number of rotatable bonds is 6. The van der Waals surface area contributed by atoms with Crippen LogP contribution in [0.5, 0.6) is 0 Å². The Morgan fingerprint density at radius 3 is 2.95 bits per heavy atom. The zero-order valence-corrected chi connectivity index (χ0v) is 13.2. The maximum Gasteiger partial charge on any atom is 0.233 e. The molecule has 1 fully saturated rings. The molecular formula is C15H18N4O2S. The van der Waals surface area contributed by atoms with Crippen molar-refractivity contribution in [2.45, 2.75) is 11.9 Å². The summed E-state index contributed by atoms with van der Waals surface area (Å²) in [5.41, 5.74) is 1.99. The van der Waals surface area contributed by atoms with E-state index in [0.29, 0.717) is 25.4 Å². The van der Waals surface area contributed by atoms with Gasteiger partial charge < -0.3 is 9.64 Å². The Morgan fingerprint density at radius 2 is 2.18 bits per heavy atom. The summed E-state index contributed by atoms with van der Waals surface area (Å²) in [6.07, 6.45) is 1.92. The van der Waals surface area contributed by atoms with Crippen molar-refractivity contribution in [3.63, 3.8) is 0 Å². The second-order valence-electron chi connectivity index (χ2n) is 5.07. The first-order chi connectivity index (χ1) is 10.8. The van der Waals surface area contributed by atoms with Gasteiger partial charge in [-0.25, -0.2) is 4.68 Å². The Kier molecular flexibility index (Phi) is 4.74. The Morgan fingerprint density at radius 1 is 1.36 bits per heavy atom. The summed E-state index contributed by atoms with van der Waals surface area (Å²) in [5, 5.41) is 8.36. The number of ether oxygens (including phenoxy) is 1. The summed E-state index contributed by atoms with van der Waals surface area (Å²) in [6, 6.07) is 10.1. The molecular weight excluding hydrogens is 300 g/mol. The van der Waals surface area contributed by atoms with Crippen LogP contribution in [0.3, 0.4) is 0 Å². The minimum atomic E-state index is -0.0628. The van der Waals surface area contributed by atoms with Crippen LogP contribution < -0.4 is 0 Å². The fourth-order valence-corrected chi connectivity index (χ4v) is 3.55. The molecule has 7 heteroatoms. The molecule has 0 spiro atoms. The Labute approximate surface area is 133 Å². The van der Waals surface area contributed by atoms with Crippen molar-refractivity contribution in [1.29, 1.82) is 0 Å². The van der Waals surface area contributed by atoms with Gasteiger partial charge in [0.05, 0.1) is 25.1 Å². The second kappa shape index (κ2) is 6.93. The fraction of sp³-hybridized carbons (Fsp3) is 0.400. The van der Waals surface area contributed by atoms with Crippen LogP contribution in [0.25, 0.3) is 0 Å². The third kappa shape index (κ3) is 3.31. The van der Waals surface area contributed by atoms with E-state index in [9.17, 15) is 4.79 Å². The molecule has 2 aromatic rings. The molecule has 0 saturated carbocycles.